The SMILES string of the molecule is CCN1c2cc3c(cc2C(C)=CC1(C)C)N=c1cc2c(cc1O3)=[N+](CCCC(=O)NCCCCCCNc1ncnc3c1ncn3[C@H]1C[C@H](O)[C@@H](COP(=O)(O)OP(=O)(O)OP(=O)(O)O)O1)C(C)(C)C=C2CS(=O)(=O)[O-]. The number of anilines is 2. The van der Waals surface area contributed by atoms with E-state index in [1.54, 1.807) is 12.1 Å². The number of aliphatic hydroxyl groups excluding tert-OH is 1. The zero-order valence-electron chi connectivity index (χ0n) is 42.6. The Balaban J connectivity index is 0.812. The number of rotatable bonds is 23. The summed E-state index contributed by atoms with van der Waals surface area (Å²) < 4.78 is 99.3. The van der Waals surface area contributed by atoms with Crippen LogP contribution in [0.15, 0.2) is 54.1 Å². The van der Waals surface area contributed by atoms with Crippen LogP contribution in [0.3, 0.4) is 0 Å². The fourth-order valence-corrected chi connectivity index (χ4v) is 13.8. The number of aromatic nitrogens is 4. The van der Waals surface area contributed by atoms with Crippen LogP contribution in [0, 0.1) is 0 Å². The molecule has 0 aliphatic carbocycles. The molecule has 0 saturated carbocycles. The Hall–Kier alpha value is -4.82. The molecule has 26 nitrogen and oxygen atoms in total. The van der Waals surface area contributed by atoms with Gasteiger partial charge in [0.25, 0.3) is 0 Å². The number of imidazole rings is 1. The fraction of sp³-hybridized carbons (Fsp3) is 0.522. The number of fused-ring (bicyclic) bond motifs is 5. The lowest BCUT2D eigenvalue weighted by molar-refractivity contribution is -0.121. The van der Waals surface area contributed by atoms with Gasteiger partial charge < -0.3 is 54.2 Å². The maximum atomic E-state index is 13.1. The largest absolute Gasteiger partial charge is 0.748 e. The van der Waals surface area contributed by atoms with Crippen molar-refractivity contribution in [1.82, 2.24) is 29.4 Å². The second kappa shape index (κ2) is 22.1. The van der Waals surface area contributed by atoms with Gasteiger partial charge >= 0.3 is 23.5 Å². The zero-order chi connectivity index (χ0) is 55.2. The van der Waals surface area contributed by atoms with Gasteiger partial charge in [0.05, 0.1) is 52.1 Å². The lowest BCUT2D eigenvalue weighted by atomic mass is 9.88. The number of amides is 1. The summed E-state index contributed by atoms with van der Waals surface area (Å²) >= 11 is 0. The molecule has 4 aromatic rings. The average molecular weight is 1140 g/mol. The minimum atomic E-state index is -5.72. The van der Waals surface area contributed by atoms with Crippen LogP contribution >= 0.6 is 23.5 Å². The summed E-state index contributed by atoms with van der Waals surface area (Å²) in [5.41, 5.74) is 4.64. The number of hydrogen-bond donors (Lipinski definition) is 7. The predicted octanol–water partition coefficient (Wildman–Crippen LogP) is 4.68. The van der Waals surface area contributed by atoms with E-state index in [0.717, 1.165) is 49.1 Å². The molecule has 2 unspecified atom stereocenters. The van der Waals surface area contributed by atoms with E-state index in [-0.39, 0.29) is 24.3 Å². The maximum absolute atomic E-state index is 13.1. The van der Waals surface area contributed by atoms with E-state index in [0.29, 0.717) is 82.1 Å². The number of ether oxygens (including phenoxy) is 2. The third kappa shape index (κ3) is 13.5. The van der Waals surface area contributed by atoms with Crippen molar-refractivity contribution in [1.29, 1.82) is 0 Å². The Labute approximate surface area is 437 Å². The quantitative estimate of drug-likeness (QED) is 0.0202. The molecule has 0 bridgehead atoms. The first-order chi connectivity index (χ1) is 35.5. The maximum Gasteiger partial charge on any atom is 0.490 e. The second-order valence-electron chi connectivity index (χ2n) is 20.0. The molecule has 1 amide bonds. The number of phosphoric ester groups is 1. The van der Waals surface area contributed by atoms with Crippen LogP contribution in [0.1, 0.15) is 104 Å². The van der Waals surface area contributed by atoms with Gasteiger partial charge in [0.2, 0.25) is 11.3 Å². The lowest BCUT2D eigenvalue weighted by Gasteiger charge is -2.43. The van der Waals surface area contributed by atoms with Crippen molar-refractivity contribution in [3.8, 4) is 11.5 Å². The molecule has 8 rings (SSSR count). The van der Waals surface area contributed by atoms with Crippen LogP contribution in [0.4, 0.5) is 17.2 Å². The molecule has 1 fully saturated rings. The number of allylic oxidation sites excluding steroid dienone is 1. The predicted molar refractivity (Wildman–Crippen MR) is 276 cm³/mol. The van der Waals surface area contributed by atoms with E-state index in [9.17, 15) is 46.4 Å². The first-order valence-corrected chi connectivity index (χ1v) is 30.6. The molecule has 4 aliphatic heterocycles. The van der Waals surface area contributed by atoms with Crippen molar-refractivity contribution in [2.75, 3.05) is 48.8 Å². The molecular weight excluding hydrogens is 1080 g/mol. The Morgan fingerprint density at radius 1 is 0.934 bits per heavy atom. The first-order valence-electron chi connectivity index (χ1n) is 24.5. The number of phosphoric acid groups is 3. The van der Waals surface area contributed by atoms with Crippen LogP contribution in [-0.4, -0.2) is 125 Å². The number of benzene rings is 2. The lowest BCUT2D eigenvalue weighted by Crippen LogP contribution is -2.50. The Morgan fingerprint density at radius 3 is 2.38 bits per heavy atom. The van der Waals surface area contributed by atoms with Crippen LogP contribution < -0.4 is 35.6 Å². The number of nitrogens with one attached hydrogen (secondary N) is 2. The second-order valence-corrected chi connectivity index (χ2v) is 25.8. The molecule has 76 heavy (non-hydrogen) atoms. The summed E-state index contributed by atoms with van der Waals surface area (Å²) in [5.74, 6) is 0.747. The number of hydrogen-bond acceptors (Lipinski definition) is 19. The molecule has 2 aromatic heterocycles. The molecule has 414 valence electrons. The Bertz CT molecular complexity index is 3380. The van der Waals surface area contributed by atoms with E-state index in [4.69, 9.17) is 24.3 Å². The van der Waals surface area contributed by atoms with Crippen LogP contribution in [-0.2, 0) is 46.5 Å². The van der Waals surface area contributed by atoms with Gasteiger partial charge in [0.1, 0.15) is 36.2 Å². The standard InChI is InChI=1S/C46H62N9O17P3S/c1-7-54-34-19-37-32(17-30(34)28(2)22-45(54,3)4)52-33-18-31-29(25-76(65,66)67)23-46(5,6)55(35(31)20-38(33)69-37)16-12-13-40(57)47-14-10-8-9-11-15-48-43-42-44(50-26-49-43)53(27-51-42)41-21-36(56)39(70-41)24-68-74(61,62)72-75(63,64)71-73(58,59)60/h17-20,22-23,26-27,36,39,41,56H,7-16,21,24-25H2,1-6H3,(H6-,47,48,49,50,57,58,59,60,61,62,63,64,65,66,67)/t36-,39+,41+/m0/s1. The highest BCUT2D eigenvalue weighted by Gasteiger charge is 2.43. The molecule has 4 aliphatic rings. The summed E-state index contributed by atoms with van der Waals surface area (Å²) in [6.45, 7) is 13.9. The van der Waals surface area contributed by atoms with Gasteiger partial charge in [-0.2, -0.15) is 8.62 Å². The number of likely N-dealkylation sites (N-methyl/N-ethyl adjacent to an activating group) is 1. The molecule has 1 saturated heterocycles. The minimum absolute atomic E-state index is 0.0429. The van der Waals surface area contributed by atoms with Gasteiger partial charge in [-0.15, -0.1) is 0 Å². The topological polar surface area (TPSA) is 359 Å². The van der Waals surface area contributed by atoms with Crippen molar-refractivity contribution in [2.24, 2.45) is 4.99 Å². The average Bonchev–Trinajstić information content (AvgIpc) is 3.90. The van der Waals surface area contributed by atoms with E-state index < -0.39 is 69.9 Å². The summed E-state index contributed by atoms with van der Waals surface area (Å²) in [4.78, 5) is 70.0. The van der Waals surface area contributed by atoms with Crippen molar-refractivity contribution in [3.63, 3.8) is 0 Å². The molecule has 0 radical (unpaired) electrons. The number of nitrogens with zero attached hydrogens (tertiary/aromatic N) is 7. The highest BCUT2D eigenvalue weighted by molar-refractivity contribution is 7.86. The first kappa shape index (κ1) is 57.4. The van der Waals surface area contributed by atoms with Gasteiger partial charge in [-0.05, 0) is 69.9 Å². The number of unbranched alkanes of at least 4 members (excludes halogenated alkanes) is 3. The molecular formula is C46H62N9O17P3S. The van der Waals surface area contributed by atoms with Gasteiger partial charge in [-0.1, -0.05) is 18.9 Å². The number of aliphatic hydroxyl groups is 1. The van der Waals surface area contributed by atoms with Crippen molar-refractivity contribution in [3.05, 3.63) is 70.9 Å². The van der Waals surface area contributed by atoms with E-state index in [1.165, 1.54) is 17.2 Å². The van der Waals surface area contributed by atoms with Crippen molar-refractivity contribution >= 4 is 79.0 Å². The normalized spacial score (nSPS) is 21.2. The van der Waals surface area contributed by atoms with Gasteiger partial charge in [0.15, 0.2) is 34.0 Å². The van der Waals surface area contributed by atoms with E-state index in [2.05, 4.69) is 82.0 Å². The Morgan fingerprint density at radius 2 is 1.67 bits per heavy atom. The monoisotopic (exact) mass is 1140 g/mol. The van der Waals surface area contributed by atoms with Crippen LogP contribution in [0.2, 0.25) is 0 Å². The van der Waals surface area contributed by atoms with Gasteiger partial charge in [0, 0.05) is 70.1 Å². The van der Waals surface area contributed by atoms with E-state index in [1.807, 2.05) is 32.0 Å². The fourth-order valence-electron chi connectivity index (χ4n) is 10.1. The third-order valence-electron chi connectivity index (χ3n) is 13.3. The minimum Gasteiger partial charge on any atom is -0.748 e. The molecule has 5 atom stereocenters. The molecule has 0 spiro atoms. The van der Waals surface area contributed by atoms with E-state index >= 15 is 0 Å². The summed E-state index contributed by atoms with van der Waals surface area (Å²) in [5, 5.41) is 18.0. The summed E-state index contributed by atoms with van der Waals surface area (Å²) in [7, 11) is -21.4. The zero-order valence-corrected chi connectivity index (χ0v) is 46.1. The van der Waals surface area contributed by atoms with Gasteiger partial charge in [-0.3, -0.25) is 13.9 Å². The summed E-state index contributed by atoms with van der Waals surface area (Å²) in [6.07, 6.45) is 7.28. The highest BCUT2D eigenvalue weighted by atomic mass is 32.2. The molecule has 2 aromatic carbocycles. The number of carbonyl (C=O) groups excluding carboxylic acids is 1. The smallest absolute Gasteiger partial charge is 0.490 e. The van der Waals surface area contributed by atoms with Gasteiger partial charge in [-0.25, -0.2) is 46.6 Å². The molecule has 6 heterocycles. The highest BCUT2D eigenvalue weighted by Crippen LogP contribution is 2.66. The Kier molecular flexibility index (Phi) is 16.7. The van der Waals surface area contributed by atoms with Crippen molar-refractivity contribution in [2.45, 2.75) is 116 Å². The molecule has 30 heteroatoms. The van der Waals surface area contributed by atoms with Crippen LogP contribution in [0.25, 0.3) is 22.3 Å². The van der Waals surface area contributed by atoms with Crippen molar-refractivity contribution < 1.29 is 78.8 Å². The molecule has 7 N–H and O–H groups in total. The van der Waals surface area contributed by atoms with Crippen LogP contribution in [0.5, 0.6) is 11.5 Å². The summed E-state index contributed by atoms with van der Waals surface area (Å²) in [6, 6.07) is 7.69. The number of carbonyl (C=O) groups is 1. The third-order valence-corrected chi connectivity index (χ3v) is 17.8.